The fourth-order valence-corrected chi connectivity index (χ4v) is 3.40. The SMILES string of the molecule is CC(C)(C(CCCS(C)(=O)=O)NN)N1CCCC1. The molecule has 3 N–H and O–H groups in total. The van der Waals surface area contributed by atoms with Crippen LogP contribution in [0.3, 0.4) is 0 Å². The molecule has 18 heavy (non-hydrogen) atoms. The average molecular weight is 277 g/mol. The molecule has 108 valence electrons. The molecule has 0 aromatic carbocycles. The zero-order valence-electron chi connectivity index (χ0n) is 11.8. The van der Waals surface area contributed by atoms with Gasteiger partial charge in [-0.1, -0.05) is 0 Å². The Labute approximate surface area is 111 Å². The van der Waals surface area contributed by atoms with Crippen molar-refractivity contribution >= 4 is 9.84 Å². The Balaban J connectivity index is 2.53. The van der Waals surface area contributed by atoms with Crippen LogP contribution in [0.25, 0.3) is 0 Å². The number of sulfone groups is 1. The lowest BCUT2D eigenvalue weighted by atomic mass is 9.90. The van der Waals surface area contributed by atoms with Crippen molar-refractivity contribution in [3.8, 4) is 0 Å². The zero-order chi connectivity index (χ0) is 13.8. The maximum Gasteiger partial charge on any atom is 0.147 e. The molecule has 1 aliphatic heterocycles. The molecule has 0 radical (unpaired) electrons. The Bertz CT molecular complexity index is 348. The summed E-state index contributed by atoms with van der Waals surface area (Å²) in [7, 11) is -2.87. The van der Waals surface area contributed by atoms with E-state index in [9.17, 15) is 8.42 Å². The fourth-order valence-electron chi connectivity index (χ4n) is 2.70. The molecule has 1 saturated heterocycles. The topological polar surface area (TPSA) is 75.4 Å². The van der Waals surface area contributed by atoms with Gasteiger partial charge in [0.25, 0.3) is 0 Å². The number of nitrogens with zero attached hydrogens (tertiary/aromatic N) is 1. The van der Waals surface area contributed by atoms with Crippen LogP contribution in [0, 0.1) is 0 Å². The van der Waals surface area contributed by atoms with Crippen molar-refractivity contribution in [1.82, 2.24) is 10.3 Å². The second kappa shape index (κ2) is 6.32. The van der Waals surface area contributed by atoms with Gasteiger partial charge in [-0.15, -0.1) is 0 Å². The number of likely N-dealkylation sites (tertiary alicyclic amines) is 1. The summed E-state index contributed by atoms with van der Waals surface area (Å²) in [4.78, 5) is 2.44. The summed E-state index contributed by atoms with van der Waals surface area (Å²) in [6.45, 7) is 6.58. The molecule has 1 unspecified atom stereocenters. The normalized spacial score (nSPS) is 20.2. The summed E-state index contributed by atoms with van der Waals surface area (Å²) < 4.78 is 22.3. The van der Waals surface area contributed by atoms with Crippen LogP contribution >= 0.6 is 0 Å². The molecule has 0 amide bonds. The van der Waals surface area contributed by atoms with Crippen LogP contribution < -0.4 is 11.3 Å². The Hall–Kier alpha value is -0.170. The van der Waals surface area contributed by atoms with Crippen molar-refractivity contribution in [3.63, 3.8) is 0 Å². The standard InChI is InChI=1S/C12H27N3O2S/c1-12(2,15-8-4-5-9-15)11(14-13)7-6-10-18(3,16)17/h11,14H,4-10,13H2,1-3H3. The maximum absolute atomic E-state index is 11.1. The minimum absolute atomic E-state index is 0.0250. The van der Waals surface area contributed by atoms with Gasteiger partial charge < -0.3 is 0 Å². The van der Waals surface area contributed by atoms with Crippen molar-refractivity contribution in [1.29, 1.82) is 0 Å². The highest BCUT2D eigenvalue weighted by atomic mass is 32.2. The van der Waals surface area contributed by atoms with Gasteiger partial charge >= 0.3 is 0 Å². The van der Waals surface area contributed by atoms with Crippen LogP contribution in [0.4, 0.5) is 0 Å². The average Bonchev–Trinajstić information content (AvgIpc) is 2.76. The lowest BCUT2D eigenvalue weighted by molar-refractivity contribution is 0.102. The van der Waals surface area contributed by atoms with Gasteiger partial charge in [0.05, 0.1) is 0 Å². The minimum Gasteiger partial charge on any atom is -0.297 e. The number of nitrogens with two attached hydrogens (primary N) is 1. The third-order valence-electron chi connectivity index (χ3n) is 3.98. The third kappa shape index (κ3) is 4.50. The van der Waals surface area contributed by atoms with Gasteiger partial charge in [0.15, 0.2) is 0 Å². The number of hydrogen-bond acceptors (Lipinski definition) is 5. The Kier molecular flexibility index (Phi) is 5.58. The highest BCUT2D eigenvalue weighted by Gasteiger charge is 2.35. The van der Waals surface area contributed by atoms with Gasteiger partial charge in [0.1, 0.15) is 9.84 Å². The Morgan fingerprint density at radius 1 is 1.33 bits per heavy atom. The van der Waals surface area contributed by atoms with E-state index < -0.39 is 9.84 Å². The molecule has 0 spiro atoms. The first kappa shape index (κ1) is 15.9. The van der Waals surface area contributed by atoms with Crippen molar-refractivity contribution < 1.29 is 8.42 Å². The summed E-state index contributed by atoms with van der Waals surface area (Å²) in [6, 6.07) is 0.123. The summed E-state index contributed by atoms with van der Waals surface area (Å²) in [5.41, 5.74) is 2.84. The quantitative estimate of drug-likeness (QED) is 0.524. The first-order valence-electron chi connectivity index (χ1n) is 6.66. The molecular formula is C12H27N3O2S. The van der Waals surface area contributed by atoms with Gasteiger partial charge in [0, 0.05) is 23.6 Å². The molecule has 6 heteroatoms. The van der Waals surface area contributed by atoms with Gasteiger partial charge in [-0.25, -0.2) is 8.42 Å². The summed E-state index contributed by atoms with van der Waals surface area (Å²) in [5, 5.41) is 0. The van der Waals surface area contributed by atoms with Crippen molar-refractivity contribution in [2.75, 3.05) is 25.1 Å². The van der Waals surface area contributed by atoms with Gasteiger partial charge in [0.2, 0.25) is 0 Å². The van der Waals surface area contributed by atoms with E-state index in [1.165, 1.54) is 19.1 Å². The van der Waals surface area contributed by atoms with Gasteiger partial charge in [-0.2, -0.15) is 0 Å². The van der Waals surface area contributed by atoms with E-state index in [0.29, 0.717) is 6.42 Å². The predicted octanol–water partition coefficient (Wildman–Crippen LogP) is 0.518. The molecule has 1 rings (SSSR count). The second-order valence-electron chi connectivity index (χ2n) is 5.84. The number of hydrogen-bond donors (Lipinski definition) is 2. The molecule has 5 nitrogen and oxygen atoms in total. The van der Waals surface area contributed by atoms with Crippen LogP contribution in [0.2, 0.25) is 0 Å². The second-order valence-corrected chi connectivity index (χ2v) is 8.10. The molecule has 0 bridgehead atoms. The number of hydrazine groups is 1. The zero-order valence-corrected chi connectivity index (χ0v) is 12.6. The van der Waals surface area contributed by atoms with Crippen molar-refractivity contribution in [2.24, 2.45) is 5.84 Å². The van der Waals surface area contributed by atoms with E-state index in [4.69, 9.17) is 5.84 Å². The highest BCUT2D eigenvalue weighted by Crippen LogP contribution is 2.26. The van der Waals surface area contributed by atoms with Crippen LogP contribution in [0.5, 0.6) is 0 Å². The largest absolute Gasteiger partial charge is 0.297 e. The van der Waals surface area contributed by atoms with E-state index in [2.05, 4.69) is 24.2 Å². The smallest absolute Gasteiger partial charge is 0.147 e. The lowest BCUT2D eigenvalue weighted by Gasteiger charge is -2.42. The van der Waals surface area contributed by atoms with E-state index in [0.717, 1.165) is 19.5 Å². The molecule has 1 aliphatic rings. The third-order valence-corrected chi connectivity index (χ3v) is 5.01. The fraction of sp³-hybridized carbons (Fsp3) is 1.00. The lowest BCUT2D eigenvalue weighted by Crippen LogP contribution is -2.58. The molecule has 1 fully saturated rings. The van der Waals surface area contributed by atoms with Crippen LogP contribution in [-0.4, -0.2) is 50.0 Å². The van der Waals surface area contributed by atoms with E-state index in [1.54, 1.807) is 0 Å². The first-order chi connectivity index (χ1) is 8.27. The monoisotopic (exact) mass is 277 g/mol. The van der Waals surface area contributed by atoms with Crippen LogP contribution in [-0.2, 0) is 9.84 Å². The first-order valence-corrected chi connectivity index (χ1v) is 8.72. The number of rotatable bonds is 7. The number of nitrogens with one attached hydrogen (secondary N) is 1. The molecule has 0 aromatic rings. The molecule has 1 heterocycles. The van der Waals surface area contributed by atoms with E-state index in [1.807, 2.05) is 0 Å². The van der Waals surface area contributed by atoms with Crippen LogP contribution in [0.15, 0.2) is 0 Å². The Morgan fingerprint density at radius 2 is 1.89 bits per heavy atom. The minimum atomic E-state index is -2.87. The summed E-state index contributed by atoms with van der Waals surface area (Å²) in [6.07, 6.45) is 5.20. The van der Waals surface area contributed by atoms with Gasteiger partial charge in [-0.05, 0) is 52.6 Å². The summed E-state index contributed by atoms with van der Waals surface area (Å²) in [5.74, 6) is 5.89. The van der Waals surface area contributed by atoms with Crippen molar-refractivity contribution in [3.05, 3.63) is 0 Å². The molecule has 0 aromatic heterocycles. The Morgan fingerprint density at radius 3 is 2.33 bits per heavy atom. The van der Waals surface area contributed by atoms with Crippen molar-refractivity contribution in [2.45, 2.75) is 51.1 Å². The maximum atomic E-state index is 11.1. The summed E-state index contributed by atoms with van der Waals surface area (Å²) >= 11 is 0. The predicted molar refractivity (Wildman–Crippen MR) is 74.9 cm³/mol. The molecule has 1 atom stereocenters. The molecule has 0 saturated carbocycles. The highest BCUT2D eigenvalue weighted by molar-refractivity contribution is 7.90. The molecular weight excluding hydrogens is 250 g/mol. The van der Waals surface area contributed by atoms with Crippen LogP contribution in [0.1, 0.15) is 39.5 Å². The van der Waals surface area contributed by atoms with Gasteiger partial charge in [-0.3, -0.25) is 16.2 Å². The molecule has 0 aliphatic carbocycles. The van der Waals surface area contributed by atoms with E-state index in [-0.39, 0.29) is 17.3 Å². The van der Waals surface area contributed by atoms with E-state index >= 15 is 0 Å².